The van der Waals surface area contributed by atoms with Crippen LogP contribution in [-0.2, 0) is 0 Å². The van der Waals surface area contributed by atoms with Crippen LogP contribution in [-0.4, -0.2) is 54.2 Å². The molecule has 2 aliphatic rings. The molecule has 1 spiro atoms. The van der Waals surface area contributed by atoms with Crippen molar-refractivity contribution in [3.63, 3.8) is 0 Å². The fraction of sp³-hybridized carbons (Fsp3) is 0.500. The SMILES string of the molecule is CCOc1ccc(C2=NC3(CCN(CC)CC3)NC(c3cccc(OCC)c3O)C2)cc1. The molecule has 2 N–H and O–H groups in total. The number of ether oxygens (including phenoxy) is 2. The van der Waals surface area contributed by atoms with E-state index in [0.29, 0.717) is 25.4 Å². The Morgan fingerprint density at radius 3 is 2.41 bits per heavy atom. The highest BCUT2D eigenvalue weighted by Gasteiger charge is 2.40. The van der Waals surface area contributed by atoms with Gasteiger partial charge in [-0.2, -0.15) is 0 Å². The third-order valence-electron chi connectivity index (χ3n) is 6.52. The number of hydrogen-bond acceptors (Lipinski definition) is 6. The smallest absolute Gasteiger partial charge is 0.162 e. The fourth-order valence-electron chi connectivity index (χ4n) is 4.77. The van der Waals surface area contributed by atoms with E-state index in [0.717, 1.165) is 55.1 Å². The molecule has 0 amide bonds. The zero-order valence-corrected chi connectivity index (χ0v) is 19.4. The van der Waals surface area contributed by atoms with Crippen LogP contribution in [0.1, 0.15) is 57.2 Å². The Morgan fingerprint density at radius 1 is 1.03 bits per heavy atom. The Labute approximate surface area is 191 Å². The van der Waals surface area contributed by atoms with Gasteiger partial charge in [0, 0.05) is 36.8 Å². The van der Waals surface area contributed by atoms with Crippen molar-refractivity contribution in [1.29, 1.82) is 0 Å². The summed E-state index contributed by atoms with van der Waals surface area (Å²) in [5.41, 5.74) is 2.73. The molecule has 2 heterocycles. The molecule has 2 aromatic rings. The standard InChI is InChI=1S/C26H35N3O3/c1-4-29-16-14-26(15-17-29)27-22(19-10-12-20(13-11-19)31-5-2)18-23(28-26)21-8-7-9-24(25(21)30)32-6-3/h7-13,23,28,30H,4-6,14-18H2,1-3H3. The summed E-state index contributed by atoms with van der Waals surface area (Å²) >= 11 is 0. The molecule has 0 saturated carbocycles. The van der Waals surface area contributed by atoms with Crippen molar-refractivity contribution in [2.24, 2.45) is 4.99 Å². The molecule has 172 valence electrons. The minimum absolute atomic E-state index is 0.0392. The van der Waals surface area contributed by atoms with Crippen molar-refractivity contribution < 1.29 is 14.6 Å². The van der Waals surface area contributed by atoms with Crippen molar-refractivity contribution in [3.8, 4) is 17.2 Å². The summed E-state index contributed by atoms with van der Waals surface area (Å²) in [5, 5.41) is 14.8. The van der Waals surface area contributed by atoms with Gasteiger partial charge in [-0.15, -0.1) is 0 Å². The van der Waals surface area contributed by atoms with Gasteiger partial charge >= 0.3 is 0 Å². The number of aliphatic imine (C=N–C) groups is 1. The van der Waals surface area contributed by atoms with Crippen molar-refractivity contribution in [2.45, 2.75) is 51.7 Å². The maximum absolute atomic E-state index is 11.0. The second kappa shape index (κ2) is 9.92. The average molecular weight is 438 g/mol. The number of rotatable bonds is 7. The molecule has 0 aromatic heterocycles. The first-order chi connectivity index (χ1) is 15.6. The zero-order valence-electron chi connectivity index (χ0n) is 19.4. The predicted octanol–water partition coefficient (Wildman–Crippen LogP) is 4.53. The van der Waals surface area contributed by atoms with E-state index in [1.807, 2.05) is 44.2 Å². The monoisotopic (exact) mass is 437 g/mol. The van der Waals surface area contributed by atoms with Crippen molar-refractivity contribution in [1.82, 2.24) is 10.2 Å². The molecule has 6 nitrogen and oxygen atoms in total. The van der Waals surface area contributed by atoms with Crippen LogP contribution in [0.15, 0.2) is 47.5 Å². The van der Waals surface area contributed by atoms with E-state index in [9.17, 15) is 5.11 Å². The number of phenolic OH excluding ortho intramolecular Hbond substituents is 1. The summed E-state index contributed by atoms with van der Waals surface area (Å²) in [4.78, 5) is 7.74. The van der Waals surface area contributed by atoms with Gasteiger partial charge in [-0.25, -0.2) is 0 Å². The van der Waals surface area contributed by atoms with E-state index in [2.05, 4.69) is 29.3 Å². The summed E-state index contributed by atoms with van der Waals surface area (Å²) in [6.07, 6.45) is 2.60. The molecule has 6 heteroatoms. The molecular formula is C26H35N3O3. The van der Waals surface area contributed by atoms with Gasteiger partial charge in [-0.1, -0.05) is 19.1 Å². The van der Waals surface area contributed by atoms with E-state index < -0.39 is 0 Å². The molecule has 2 aromatic carbocycles. The average Bonchev–Trinajstić information content (AvgIpc) is 2.81. The Bertz CT molecular complexity index is 934. The van der Waals surface area contributed by atoms with Gasteiger partial charge in [0.2, 0.25) is 0 Å². The predicted molar refractivity (Wildman–Crippen MR) is 128 cm³/mol. The van der Waals surface area contributed by atoms with Crippen LogP contribution >= 0.6 is 0 Å². The molecular weight excluding hydrogens is 402 g/mol. The van der Waals surface area contributed by atoms with Gasteiger partial charge in [0.05, 0.1) is 13.2 Å². The van der Waals surface area contributed by atoms with Gasteiger partial charge in [-0.3, -0.25) is 10.3 Å². The second-order valence-corrected chi connectivity index (χ2v) is 8.51. The van der Waals surface area contributed by atoms with E-state index in [1.54, 1.807) is 0 Å². The largest absolute Gasteiger partial charge is 0.504 e. The van der Waals surface area contributed by atoms with Crippen molar-refractivity contribution in [3.05, 3.63) is 53.6 Å². The van der Waals surface area contributed by atoms with Gasteiger partial charge < -0.3 is 19.5 Å². The van der Waals surface area contributed by atoms with Crippen LogP contribution in [0.2, 0.25) is 0 Å². The Kier molecular flexibility index (Phi) is 7.01. The highest BCUT2D eigenvalue weighted by atomic mass is 16.5. The summed E-state index contributed by atoms with van der Waals surface area (Å²) in [7, 11) is 0. The number of benzene rings is 2. The van der Waals surface area contributed by atoms with Gasteiger partial charge in [-0.05, 0) is 69.1 Å². The molecule has 1 saturated heterocycles. The molecule has 0 bridgehead atoms. The van der Waals surface area contributed by atoms with E-state index in [-0.39, 0.29) is 17.5 Å². The second-order valence-electron chi connectivity index (χ2n) is 8.51. The number of nitrogens with zero attached hydrogens (tertiary/aromatic N) is 2. The van der Waals surface area contributed by atoms with Gasteiger partial charge in [0.15, 0.2) is 11.5 Å². The van der Waals surface area contributed by atoms with Crippen LogP contribution in [0.25, 0.3) is 0 Å². The summed E-state index contributed by atoms with van der Waals surface area (Å²) in [6, 6.07) is 13.9. The maximum Gasteiger partial charge on any atom is 0.162 e. The molecule has 2 aliphatic heterocycles. The molecule has 1 unspecified atom stereocenters. The maximum atomic E-state index is 11.0. The molecule has 1 fully saturated rings. The Balaban J connectivity index is 1.68. The van der Waals surface area contributed by atoms with Crippen LogP contribution in [0.3, 0.4) is 0 Å². The topological polar surface area (TPSA) is 66.3 Å². The number of nitrogens with one attached hydrogen (secondary N) is 1. The lowest BCUT2D eigenvalue weighted by Crippen LogP contribution is -2.56. The summed E-state index contributed by atoms with van der Waals surface area (Å²) in [5.74, 6) is 1.63. The van der Waals surface area contributed by atoms with E-state index in [4.69, 9.17) is 14.5 Å². The Hall–Kier alpha value is -2.57. The molecule has 0 radical (unpaired) electrons. The number of piperidine rings is 1. The van der Waals surface area contributed by atoms with Gasteiger partial charge in [0.25, 0.3) is 0 Å². The minimum Gasteiger partial charge on any atom is -0.504 e. The van der Waals surface area contributed by atoms with Crippen LogP contribution < -0.4 is 14.8 Å². The van der Waals surface area contributed by atoms with Crippen LogP contribution in [0.4, 0.5) is 0 Å². The lowest BCUT2D eigenvalue weighted by atomic mass is 9.87. The first-order valence-corrected chi connectivity index (χ1v) is 11.8. The number of likely N-dealkylation sites (tertiary alicyclic amines) is 1. The van der Waals surface area contributed by atoms with E-state index in [1.165, 1.54) is 0 Å². The zero-order chi connectivity index (χ0) is 22.6. The lowest BCUT2D eigenvalue weighted by molar-refractivity contribution is 0.129. The lowest BCUT2D eigenvalue weighted by Gasteiger charge is -2.45. The van der Waals surface area contributed by atoms with Crippen LogP contribution in [0.5, 0.6) is 17.2 Å². The summed E-state index contributed by atoms with van der Waals surface area (Å²) in [6.45, 7) is 10.4. The number of hydrogen-bond donors (Lipinski definition) is 2. The first kappa shape index (κ1) is 22.6. The number of para-hydroxylation sites is 1. The highest BCUT2D eigenvalue weighted by molar-refractivity contribution is 6.02. The molecule has 4 rings (SSSR count). The number of aromatic hydroxyl groups is 1. The molecule has 0 aliphatic carbocycles. The molecule has 32 heavy (non-hydrogen) atoms. The Morgan fingerprint density at radius 2 is 1.75 bits per heavy atom. The van der Waals surface area contributed by atoms with Crippen molar-refractivity contribution >= 4 is 5.71 Å². The van der Waals surface area contributed by atoms with Crippen molar-refractivity contribution in [2.75, 3.05) is 32.8 Å². The van der Waals surface area contributed by atoms with Gasteiger partial charge in [0.1, 0.15) is 11.4 Å². The quantitative estimate of drug-likeness (QED) is 0.666. The number of phenols is 1. The van der Waals surface area contributed by atoms with E-state index >= 15 is 0 Å². The third kappa shape index (κ3) is 4.76. The first-order valence-electron chi connectivity index (χ1n) is 11.8. The minimum atomic E-state index is -0.323. The molecule has 1 atom stereocenters. The highest BCUT2D eigenvalue weighted by Crippen LogP contribution is 2.40. The third-order valence-corrected chi connectivity index (χ3v) is 6.52. The van der Waals surface area contributed by atoms with Crippen LogP contribution in [0, 0.1) is 0 Å². The summed E-state index contributed by atoms with van der Waals surface area (Å²) < 4.78 is 11.3. The normalized spacial score (nSPS) is 20.7. The fourth-order valence-corrected chi connectivity index (χ4v) is 4.77.